The number of amides is 1. The van der Waals surface area contributed by atoms with Gasteiger partial charge >= 0.3 is 11.7 Å². The molecule has 0 unspecified atom stereocenters. The van der Waals surface area contributed by atoms with Crippen molar-refractivity contribution < 1.29 is 4.79 Å². The molecule has 8 heteroatoms. The molecule has 0 saturated carbocycles. The van der Waals surface area contributed by atoms with Crippen molar-refractivity contribution in [1.29, 1.82) is 0 Å². The highest BCUT2D eigenvalue weighted by atomic mass is 16.2. The molecule has 8 nitrogen and oxygen atoms in total. The van der Waals surface area contributed by atoms with Crippen molar-refractivity contribution in [3.8, 4) is 0 Å². The number of hydrogen-bond donors (Lipinski definition) is 0. The van der Waals surface area contributed by atoms with E-state index in [-0.39, 0.29) is 12.6 Å². The molecule has 0 fully saturated rings. The third-order valence-corrected chi connectivity index (χ3v) is 2.98. The first-order valence-corrected chi connectivity index (χ1v) is 5.90. The molecule has 0 N–H and O–H groups in total. The molecule has 106 valence electrons. The molecule has 2 heterocycles. The fourth-order valence-corrected chi connectivity index (χ4v) is 1.88. The third kappa shape index (κ3) is 2.40. The van der Waals surface area contributed by atoms with Gasteiger partial charge in [0, 0.05) is 39.7 Å². The van der Waals surface area contributed by atoms with Crippen LogP contribution in [0.25, 0.3) is 0 Å². The van der Waals surface area contributed by atoms with Crippen LogP contribution in [0.15, 0.2) is 34.5 Å². The van der Waals surface area contributed by atoms with Crippen molar-refractivity contribution in [3.63, 3.8) is 0 Å². The van der Waals surface area contributed by atoms with Crippen LogP contribution >= 0.6 is 0 Å². The number of rotatable bonds is 2. The number of nitrogens with zero attached hydrogens (tertiary/aromatic N) is 5. The van der Waals surface area contributed by atoms with E-state index in [2.05, 4.69) is 4.98 Å². The van der Waals surface area contributed by atoms with Crippen LogP contribution in [0.3, 0.4) is 0 Å². The van der Waals surface area contributed by atoms with Crippen LogP contribution in [0, 0.1) is 0 Å². The number of imidazole rings is 1. The Labute approximate surface area is 114 Å². The fourth-order valence-electron chi connectivity index (χ4n) is 1.88. The van der Waals surface area contributed by atoms with Gasteiger partial charge in [-0.2, -0.15) is 0 Å². The van der Waals surface area contributed by atoms with E-state index in [4.69, 9.17) is 0 Å². The highest BCUT2D eigenvalue weighted by Gasteiger charge is 2.14. The monoisotopic (exact) mass is 277 g/mol. The lowest BCUT2D eigenvalue weighted by Gasteiger charge is -2.17. The average Bonchev–Trinajstić information content (AvgIpc) is 2.95. The Morgan fingerprint density at radius 3 is 2.65 bits per heavy atom. The molecular formula is C12H15N5O3. The lowest BCUT2D eigenvalue weighted by atomic mass is 10.3. The van der Waals surface area contributed by atoms with Gasteiger partial charge in [-0.3, -0.25) is 13.9 Å². The summed E-state index contributed by atoms with van der Waals surface area (Å²) in [7, 11) is 4.54. The molecule has 0 bridgehead atoms. The Bertz CT molecular complexity index is 741. The molecular weight excluding hydrogens is 262 g/mol. The molecule has 0 radical (unpaired) electrons. The third-order valence-electron chi connectivity index (χ3n) is 2.98. The Morgan fingerprint density at radius 2 is 2.05 bits per heavy atom. The minimum absolute atomic E-state index is 0.109. The van der Waals surface area contributed by atoms with E-state index in [9.17, 15) is 14.4 Å². The first kappa shape index (κ1) is 13.8. The van der Waals surface area contributed by atoms with Crippen LogP contribution in [0.2, 0.25) is 0 Å². The second-order valence-corrected chi connectivity index (χ2v) is 4.52. The van der Waals surface area contributed by atoms with Gasteiger partial charge in [-0.05, 0) is 0 Å². The van der Waals surface area contributed by atoms with E-state index >= 15 is 0 Å². The summed E-state index contributed by atoms with van der Waals surface area (Å²) in [6, 6.07) is -0.307. The van der Waals surface area contributed by atoms with E-state index in [1.54, 1.807) is 14.1 Å². The van der Waals surface area contributed by atoms with Gasteiger partial charge in [-0.1, -0.05) is 0 Å². The van der Waals surface area contributed by atoms with Crippen LogP contribution in [0.5, 0.6) is 0 Å². The standard InChI is InChI=1S/C12H15N5O3/c1-14-6-9(10(18)16(3)11(14)19)7-15(2)12(20)17-5-4-13-8-17/h4-6,8H,7H2,1-3H3. The van der Waals surface area contributed by atoms with Crippen molar-refractivity contribution in [1.82, 2.24) is 23.6 Å². The summed E-state index contributed by atoms with van der Waals surface area (Å²) in [6.45, 7) is 0.109. The Balaban J connectivity index is 2.29. The maximum atomic E-state index is 12.0. The molecule has 0 aliphatic carbocycles. The molecule has 0 atom stereocenters. The van der Waals surface area contributed by atoms with Gasteiger partial charge in [0.2, 0.25) is 0 Å². The Hall–Kier alpha value is -2.64. The van der Waals surface area contributed by atoms with Crippen LogP contribution in [0.1, 0.15) is 5.56 Å². The number of aromatic nitrogens is 4. The van der Waals surface area contributed by atoms with Crippen LogP contribution in [0.4, 0.5) is 4.79 Å². The summed E-state index contributed by atoms with van der Waals surface area (Å²) in [5, 5.41) is 0. The lowest BCUT2D eigenvalue weighted by molar-refractivity contribution is 0.208. The van der Waals surface area contributed by atoms with Crippen molar-refractivity contribution in [3.05, 3.63) is 51.3 Å². The summed E-state index contributed by atoms with van der Waals surface area (Å²) in [4.78, 5) is 40.8. The molecule has 0 aliphatic heterocycles. The largest absolute Gasteiger partial charge is 0.330 e. The Kier molecular flexibility index (Phi) is 3.55. The highest BCUT2D eigenvalue weighted by molar-refractivity contribution is 5.76. The van der Waals surface area contributed by atoms with Gasteiger partial charge in [0.15, 0.2) is 0 Å². The summed E-state index contributed by atoms with van der Waals surface area (Å²) in [5.74, 6) is 0. The minimum Gasteiger partial charge on any atom is -0.323 e. The highest BCUT2D eigenvalue weighted by Crippen LogP contribution is 1.99. The molecule has 2 aromatic heterocycles. The van der Waals surface area contributed by atoms with Gasteiger partial charge < -0.3 is 9.47 Å². The quantitative estimate of drug-likeness (QED) is 0.732. The molecule has 0 spiro atoms. The van der Waals surface area contributed by atoms with E-state index in [0.717, 1.165) is 4.57 Å². The van der Waals surface area contributed by atoms with Gasteiger partial charge in [0.1, 0.15) is 6.33 Å². The molecule has 2 aromatic rings. The molecule has 20 heavy (non-hydrogen) atoms. The van der Waals surface area contributed by atoms with Gasteiger partial charge in [-0.25, -0.2) is 14.6 Å². The van der Waals surface area contributed by atoms with Crippen LogP contribution in [-0.4, -0.2) is 36.7 Å². The molecule has 0 aromatic carbocycles. The van der Waals surface area contributed by atoms with Crippen LogP contribution in [-0.2, 0) is 20.6 Å². The first-order chi connectivity index (χ1) is 9.41. The molecule has 2 rings (SSSR count). The van der Waals surface area contributed by atoms with E-state index in [1.165, 1.54) is 46.0 Å². The second kappa shape index (κ2) is 5.16. The van der Waals surface area contributed by atoms with Crippen molar-refractivity contribution >= 4 is 6.03 Å². The second-order valence-electron chi connectivity index (χ2n) is 4.52. The van der Waals surface area contributed by atoms with Crippen LogP contribution < -0.4 is 11.2 Å². The maximum Gasteiger partial charge on any atom is 0.330 e. The number of carbonyl (C=O) groups is 1. The number of hydrogen-bond acceptors (Lipinski definition) is 4. The maximum absolute atomic E-state index is 12.0. The SMILES string of the molecule is CN(Cc1cn(C)c(=O)n(C)c1=O)C(=O)n1ccnc1. The van der Waals surface area contributed by atoms with E-state index in [0.29, 0.717) is 5.56 Å². The first-order valence-electron chi connectivity index (χ1n) is 5.90. The van der Waals surface area contributed by atoms with Crippen molar-refractivity contribution in [2.24, 2.45) is 14.1 Å². The molecule has 1 amide bonds. The van der Waals surface area contributed by atoms with Crippen molar-refractivity contribution in [2.45, 2.75) is 6.54 Å². The summed E-state index contributed by atoms with van der Waals surface area (Å²) < 4.78 is 3.64. The van der Waals surface area contributed by atoms with E-state index in [1.807, 2.05) is 0 Å². The number of carbonyl (C=O) groups excluding carboxylic acids is 1. The summed E-state index contributed by atoms with van der Waals surface area (Å²) in [6.07, 6.45) is 5.86. The molecule has 0 aliphatic rings. The van der Waals surface area contributed by atoms with Gasteiger partial charge in [0.25, 0.3) is 5.56 Å². The lowest BCUT2D eigenvalue weighted by Crippen LogP contribution is -2.40. The Morgan fingerprint density at radius 1 is 1.35 bits per heavy atom. The minimum atomic E-state index is -0.404. The fraction of sp³-hybridized carbons (Fsp3) is 0.333. The zero-order chi connectivity index (χ0) is 14.9. The summed E-state index contributed by atoms with van der Waals surface area (Å²) >= 11 is 0. The smallest absolute Gasteiger partial charge is 0.323 e. The zero-order valence-corrected chi connectivity index (χ0v) is 11.5. The van der Waals surface area contributed by atoms with Gasteiger partial charge in [-0.15, -0.1) is 0 Å². The topological polar surface area (TPSA) is 82.1 Å². The predicted octanol–water partition coefficient (Wildman–Crippen LogP) is -0.619. The summed E-state index contributed by atoms with van der Waals surface area (Å²) in [5.41, 5.74) is -0.439. The predicted molar refractivity (Wildman–Crippen MR) is 71.4 cm³/mol. The average molecular weight is 277 g/mol. The number of aryl methyl sites for hydroxylation is 1. The van der Waals surface area contributed by atoms with E-state index < -0.39 is 11.2 Å². The van der Waals surface area contributed by atoms with Crippen molar-refractivity contribution in [2.75, 3.05) is 7.05 Å². The normalized spacial score (nSPS) is 10.6. The van der Waals surface area contributed by atoms with Gasteiger partial charge in [0.05, 0.1) is 12.1 Å². The zero-order valence-electron chi connectivity index (χ0n) is 11.5. The molecule has 0 saturated heterocycles.